The zero-order chi connectivity index (χ0) is 48.5. The van der Waals surface area contributed by atoms with Crippen LogP contribution in [0.15, 0.2) is 108 Å². The van der Waals surface area contributed by atoms with Gasteiger partial charge in [0.05, 0.1) is 58.6 Å². The molecule has 6 rings (SSSR count). The molecule has 0 aliphatic rings. The van der Waals surface area contributed by atoms with Gasteiger partial charge in [-0.3, -0.25) is 18.1 Å². The zero-order valence-corrected chi connectivity index (χ0v) is 39.3. The molecule has 4 N–H and O–H groups in total. The highest BCUT2D eigenvalue weighted by molar-refractivity contribution is 7.99. The highest BCUT2D eigenvalue weighted by Crippen LogP contribution is 2.42. The fraction of sp³-hybridized carbons (Fsp3) is 0.286. The van der Waals surface area contributed by atoms with Crippen LogP contribution < -0.4 is 9.47 Å². The maximum atomic E-state index is 11.5. The minimum Gasteiger partial charge on any atom is -0.493 e. The van der Waals surface area contributed by atoms with Crippen molar-refractivity contribution in [2.45, 2.75) is 44.9 Å². The number of benzene rings is 4. The number of aryl methyl sites for hydroxylation is 2. The van der Waals surface area contributed by atoms with Crippen molar-refractivity contribution in [2.24, 2.45) is 30.7 Å². The minimum absolute atomic E-state index is 0.0191. The first-order valence-corrected chi connectivity index (χ1v) is 25.9. The van der Waals surface area contributed by atoms with E-state index in [1.807, 2.05) is 0 Å². The Kier molecular flexibility index (Phi) is 16.0. The summed E-state index contributed by atoms with van der Waals surface area (Å²) in [4.78, 5) is 5.38. The number of aromatic nitrogens is 2. The summed E-state index contributed by atoms with van der Waals surface area (Å²) < 4.78 is 108. The Labute approximate surface area is 389 Å². The SMILES string of the molecule is Cc1cc(N=Nc2cc(OCCCS(=O)(=O)O)c(N=Nc3c(C)c(C#N)c4nc5ccccc5n4c3O)cc2C)c(OCCCS(=O)(=O)O)cc1N=Nc1ccc(SCCCS(=O)(=O)O)cc1. The van der Waals surface area contributed by atoms with Crippen molar-refractivity contribution < 1.29 is 53.5 Å². The van der Waals surface area contributed by atoms with Gasteiger partial charge in [0.15, 0.2) is 11.3 Å². The molecule has 0 radical (unpaired) electrons. The Bertz CT molecular complexity index is 3300. The Morgan fingerprint density at radius 1 is 0.672 bits per heavy atom. The van der Waals surface area contributed by atoms with Gasteiger partial charge in [-0.25, -0.2) is 4.98 Å². The van der Waals surface area contributed by atoms with Gasteiger partial charge in [-0.15, -0.1) is 27.1 Å². The van der Waals surface area contributed by atoms with Gasteiger partial charge >= 0.3 is 0 Å². The molecule has 0 spiro atoms. The van der Waals surface area contributed by atoms with Crippen LogP contribution in [0.3, 0.4) is 0 Å². The molecule has 67 heavy (non-hydrogen) atoms. The van der Waals surface area contributed by atoms with Gasteiger partial charge in [0.1, 0.15) is 34.5 Å². The summed E-state index contributed by atoms with van der Waals surface area (Å²) in [6.07, 6.45) is 0.123. The molecule has 0 unspecified atom stereocenters. The summed E-state index contributed by atoms with van der Waals surface area (Å²) >= 11 is 1.41. The van der Waals surface area contributed by atoms with Gasteiger partial charge in [0, 0.05) is 22.6 Å². The third-order valence-electron chi connectivity index (χ3n) is 9.66. The molecule has 2 aromatic heterocycles. The number of hydrogen-bond acceptors (Lipinski definition) is 18. The lowest BCUT2D eigenvalue weighted by Crippen LogP contribution is -2.08. The van der Waals surface area contributed by atoms with Crippen molar-refractivity contribution in [3.8, 4) is 23.4 Å². The standard InChI is InChI=1S/C42H43N9O12S4/c1-26-21-35(38(62-15-6-18-65(53,54)55)23-33(26)46-45-29-11-13-30(14-12-29)64-17-8-20-67(59,60)61)48-47-34-24-39(63-16-7-19-66(56,57)58)36(22-27(34)2)49-50-40-28(3)31(25-43)41-44-32-9-4-5-10-37(32)51(41)42(40)52/h4-5,9-14,21-24,52H,6-8,15-20H2,1-3H3,(H,53,54,55)(H,56,57,58)(H,59,60,61). The number of pyridine rings is 1. The average molecular weight is 994 g/mol. The molecule has 0 saturated heterocycles. The van der Waals surface area contributed by atoms with Crippen molar-refractivity contribution in [1.29, 1.82) is 5.26 Å². The monoisotopic (exact) mass is 993 g/mol. The Hall–Kier alpha value is -6.40. The van der Waals surface area contributed by atoms with E-state index in [0.29, 0.717) is 44.9 Å². The predicted molar refractivity (Wildman–Crippen MR) is 250 cm³/mol. The molecule has 0 bridgehead atoms. The third-order valence-corrected chi connectivity index (χ3v) is 13.2. The molecule has 4 aromatic carbocycles. The Morgan fingerprint density at radius 3 is 1.73 bits per heavy atom. The summed E-state index contributed by atoms with van der Waals surface area (Å²) in [6, 6.07) is 22.4. The molecular formula is C42H43N9O12S4. The minimum atomic E-state index is -4.29. The summed E-state index contributed by atoms with van der Waals surface area (Å²) in [5.74, 6) is -1.09. The predicted octanol–water partition coefficient (Wildman–Crippen LogP) is 9.92. The number of para-hydroxylation sites is 2. The highest BCUT2D eigenvalue weighted by atomic mass is 32.2. The van der Waals surface area contributed by atoms with Crippen LogP contribution in [-0.4, -0.2) is 89.6 Å². The van der Waals surface area contributed by atoms with Crippen LogP contribution in [0.1, 0.15) is 41.5 Å². The lowest BCUT2D eigenvalue weighted by Gasteiger charge is -2.12. The maximum absolute atomic E-state index is 11.5. The van der Waals surface area contributed by atoms with Gasteiger partial charge in [0.25, 0.3) is 30.4 Å². The number of azo groups is 3. The number of fused-ring (bicyclic) bond motifs is 3. The number of nitriles is 1. The van der Waals surface area contributed by atoms with Gasteiger partial charge in [-0.05, 0) is 105 Å². The van der Waals surface area contributed by atoms with Crippen molar-refractivity contribution in [3.05, 3.63) is 95.1 Å². The average Bonchev–Trinajstić information content (AvgIpc) is 3.64. The van der Waals surface area contributed by atoms with Crippen molar-refractivity contribution in [2.75, 3.05) is 36.2 Å². The van der Waals surface area contributed by atoms with E-state index in [0.717, 1.165) is 4.90 Å². The van der Waals surface area contributed by atoms with Gasteiger partial charge in [-0.1, -0.05) is 12.1 Å². The summed E-state index contributed by atoms with van der Waals surface area (Å²) in [5, 5.41) is 47.9. The molecule has 21 nitrogen and oxygen atoms in total. The third kappa shape index (κ3) is 13.8. The molecule has 6 aromatic rings. The van der Waals surface area contributed by atoms with Gasteiger partial charge < -0.3 is 14.6 Å². The molecule has 0 aliphatic carbocycles. The summed E-state index contributed by atoms with van der Waals surface area (Å²) in [7, 11) is -12.6. The summed E-state index contributed by atoms with van der Waals surface area (Å²) in [5.41, 5.74) is 4.37. The van der Waals surface area contributed by atoms with Crippen LogP contribution in [0.25, 0.3) is 16.7 Å². The summed E-state index contributed by atoms with van der Waals surface area (Å²) in [6.45, 7) is 4.72. The van der Waals surface area contributed by atoms with Crippen molar-refractivity contribution in [3.63, 3.8) is 0 Å². The maximum Gasteiger partial charge on any atom is 0.264 e. The Morgan fingerprint density at radius 2 is 1.18 bits per heavy atom. The van der Waals surface area contributed by atoms with Crippen LogP contribution >= 0.6 is 11.8 Å². The fourth-order valence-corrected chi connectivity index (χ4v) is 8.87. The number of rotatable bonds is 21. The number of hydrogen-bond donors (Lipinski definition) is 4. The van der Waals surface area contributed by atoms with Crippen molar-refractivity contribution in [1.82, 2.24) is 9.38 Å². The van der Waals surface area contributed by atoms with E-state index in [1.165, 1.54) is 22.2 Å². The van der Waals surface area contributed by atoms with E-state index >= 15 is 0 Å². The zero-order valence-electron chi connectivity index (χ0n) is 36.0. The lowest BCUT2D eigenvalue weighted by molar-refractivity contribution is 0.317. The highest BCUT2D eigenvalue weighted by Gasteiger charge is 2.21. The van der Waals surface area contributed by atoms with E-state index in [4.69, 9.17) is 14.0 Å². The van der Waals surface area contributed by atoms with E-state index in [2.05, 4.69) is 41.7 Å². The van der Waals surface area contributed by atoms with Crippen LogP contribution in [0.5, 0.6) is 17.4 Å². The van der Waals surface area contributed by atoms with E-state index in [9.17, 15) is 44.7 Å². The molecule has 2 heterocycles. The molecule has 0 fully saturated rings. The topological polar surface area (TPSA) is 317 Å². The van der Waals surface area contributed by atoms with Crippen LogP contribution in [-0.2, 0) is 30.4 Å². The first-order valence-electron chi connectivity index (χ1n) is 20.1. The quantitative estimate of drug-likeness (QED) is 0.0225. The molecule has 0 amide bonds. The fourth-order valence-electron chi connectivity index (χ4n) is 6.36. The molecule has 25 heteroatoms. The lowest BCUT2D eigenvalue weighted by atomic mass is 10.1. The van der Waals surface area contributed by atoms with Crippen LogP contribution in [0.2, 0.25) is 0 Å². The smallest absolute Gasteiger partial charge is 0.264 e. The number of aromatic hydroxyl groups is 1. The van der Waals surface area contributed by atoms with Gasteiger partial charge in [-0.2, -0.15) is 45.9 Å². The van der Waals surface area contributed by atoms with Gasteiger partial charge in [0.2, 0.25) is 5.88 Å². The van der Waals surface area contributed by atoms with E-state index < -0.39 is 41.9 Å². The second-order valence-electron chi connectivity index (χ2n) is 14.8. The Balaban J connectivity index is 1.31. The number of imidazole rings is 1. The van der Waals surface area contributed by atoms with Crippen LogP contribution in [0.4, 0.5) is 34.1 Å². The van der Waals surface area contributed by atoms with E-state index in [-0.39, 0.29) is 89.6 Å². The number of ether oxygens (including phenoxy) is 2. The molecule has 0 aliphatic heterocycles. The number of thioether (sulfide) groups is 1. The number of nitrogens with zero attached hydrogens (tertiary/aromatic N) is 9. The molecule has 0 saturated carbocycles. The first-order chi connectivity index (χ1) is 31.7. The second kappa shape index (κ2) is 21.5. The molecule has 0 atom stereocenters. The normalized spacial score (nSPS) is 12.6. The van der Waals surface area contributed by atoms with Crippen LogP contribution in [0, 0.1) is 32.1 Å². The first kappa shape index (κ1) is 50.0. The molecular weight excluding hydrogens is 951 g/mol. The second-order valence-corrected chi connectivity index (χ2v) is 20.7. The largest absolute Gasteiger partial charge is 0.493 e. The van der Waals surface area contributed by atoms with Crippen molar-refractivity contribution >= 4 is 92.9 Å². The molecule has 352 valence electrons. The van der Waals surface area contributed by atoms with E-state index in [1.54, 1.807) is 87.5 Å².